The van der Waals surface area contributed by atoms with E-state index in [0.29, 0.717) is 21.1 Å². The Morgan fingerprint density at radius 1 is 1.00 bits per heavy atom. The molecule has 0 N–H and O–H groups in total. The molecular weight excluding hydrogens is 377 g/mol. The van der Waals surface area contributed by atoms with Crippen molar-refractivity contribution >= 4 is 39.2 Å². The van der Waals surface area contributed by atoms with Gasteiger partial charge in [-0.05, 0) is 60.6 Å². The Labute approximate surface area is 163 Å². The van der Waals surface area contributed by atoms with Gasteiger partial charge in [-0.25, -0.2) is 14.4 Å². The lowest BCUT2D eigenvalue weighted by Crippen LogP contribution is -1.95. The second-order valence-corrected chi connectivity index (χ2v) is 7.28. The van der Waals surface area contributed by atoms with Crippen LogP contribution in [0.5, 0.6) is 5.75 Å². The number of rotatable bonds is 3. The summed E-state index contributed by atoms with van der Waals surface area (Å²) in [5.41, 5.74) is 3.44. The highest BCUT2D eigenvalue weighted by Crippen LogP contribution is 2.33. The van der Waals surface area contributed by atoms with Crippen LogP contribution in [0.15, 0.2) is 59.0 Å². The van der Waals surface area contributed by atoms with Crippen LogP contribution in [0.4, 0.5) is 4.39 Å². The number of methoxy groups -OCH3 is 1. The average Bonchev–Trinajstić information content (AvgIpc) is 3.10. The van der Waals surface area contributed by atoms with E-state index in [1.165, 1.54) is 30.2 Å². The molecule has 0 atom stereocenters. The number of aryl methyl sites for hydroxylation is 1. The SMILES string of the molecule is COc1ccc2c(C)cc3nnc(Sc4ncnc5ccc(F)cc45)n3c2c1. The fraction of sp³-hybridized carbons (Fsp3) is 0.100. The van der Waals surface area contributed by atoms with E-state index in [2.05, 4.69) is 20.2 Å². The smallest absolute Gasteiger partial charge is 0.202 e. The molecule has 0 aliphatic rings. The molecule has 6 nitrogen and oxygen atoms in total. The molecule has 0 spiro atoms. The second kappa shape index (κ2) is 6.42. The van der Waals surface area contributed by atoms with Gasteiger partial charge in [0.05, 0.1) is 18.1 Å². The standard InChI is InChI=1S/C20H14FN5OS/c1-11-7-18-24-25-20(26(18)17-9-13(27-2)4-5-14(11)17)28-19-15-8-12(21)3-6-16(15)22-10-23-19/h3-10H,1-2H3. The normalized spacial score (nSPS) is 11.5. The van der Waals surface area contributed by atoms with Crippen LogP contribution in [0.1, 0.15) is 5.56 Å². The molecule has 5 aromatic rings. The Morgan fingerprint density at radius 2 is 1.89 bits per heavy atom. The van der Waals surface area contributed by atoms with Gasteiger partial charge in [-0.15, -0.1) is 10.2 Å². The average molecular weight is 391 g/mol. The van der Waals surface area contributed by atoms with E-state index >= 15 is 0 Å². The van der Waals surface area contributed by atoms with Crippen molar-refractivity contribution in [3.8, 4) is 5.75 Å². The minimum absolute atomic E-state index is 0.332. The van der Waals surface area contributed by atoms with Crippen molar-refractivity contribution in [1.82, 2.24) is 24.6 Å². The Bertz CT molecular complexity index is 1370. The first kappa shape index (κ1) is 16.9. The first-order chi connectivity index (χ1) is 13.6. The number of hydrogen-bond donors (Lipinski definition) is 0. The van der Waals surface area contributed by atoms with E-state index in [9.17, 15) is 4.39 Å². The zero-order valence-corrected chi connectivity index (χ0v) is 15.9. The maximum absolute atomic E-state index is 13.8. The van der Waals surface area contributed by atoms with Gasteiger partial charge >= 0.3 is 0 Å². The number of benzene rings is 2. The Morgan fingerprint density at radius 3 is 2.75 bits per heavy atom. The van der Waals surface area contributed by atoms with Crippen molar-refractivity contribution < 1.29 is 9.13 Å². The number of aromatic nitrogens is 5. The van der Waals surface area contributed by atoms with Crippen LogP contribution in [0.25, 0.3) is 27.5 Å². The van der Waals surface area contributed by atoms with Crippen LogP contribution in [0.3, 0.4) is 0 Å². The van der Waals surface area contributed by atoms with Crippen LogP contribution < -0.4 is 4.74 Å². The first-order valence-corrected chi connectivity index (χ1v) is 9.36. The fourth-order valence-electron chi connectivity index (χ4n) is 3.27. The van der Waals surface area contributed by atoms with Crippen molar-refractivity contribution in [2.24, 2.45) is 0 Å². The first-order valence-electron chi connectivity index (χ1n) is 8.54. The van der Waals surface area contributed by atoms with Crippen molar-refractivity contribution in [2.75, 3.05) is 7.11 Å². The summed E-state index contributed by atoms with van der Waals surface area (Å²) in [5, 5.41) is 11.6. The highest BCUT2D eigenvalue weighted by molar-refractivity contribution is 7.99. The maximum atomic E-state index is 13.8. The highest BCUT2D eigenvalue weighted by Gasteiger charge is 2.15. The van der Waals surface area contributed by atoms with E-state index in [1.54, 1.807) is 13.2 Å². The third kappa shape index (κ3) is 2.65. The number of halogens is 1. The van der Waals surface area contributed by atoms with Gasteiger partial charge in [-0.1, -0.05) is 0 Å². The molecule has 3 aromatic heterocycles. The van der Waals surface area contributed by atoms with E-state index in [1.807, 2.05) is 35.6 Å². The summed E-state index contributed by atoms with van der Waals surface area (Å²) in [6, 6.07) is 12.4. The molecular formula is C20H14FN5OS. The summed E-state index contributed by atoms with van der Waals surface area (Å²) in [6.07, 6.45) is 1.47. The molecule has 5 rings (SSSR count). The topological polar surface area (TPSA) is 65.2 Å². The molecule has 0 amide bonds. The van der Waals surface area contributed by atoms with Gasteiger partial charge in [0.1, 0.15) is 22.9 Å². The fourth-order valence-corrected chi connectivity index (χ4v) is 4.18. The van der Waals surface area contributed by atoms with Crippen LogP contribution in [0, 0.1) is 12.7 Å². The summed E-state index contributed by atoms with van der Waals surface area (Å²) in [4.78, 5) is 8.55. The van der Waals surface area contributed by atoms with Crippen molar-refractivity contribution in [3.63, 3.8) is 0 Å². The molecule has 2 aromatic carbocycles. The third-order valence-corrected chi connectivity index (χ3v) is 5.59. The number of nitrogens with zero attached hydrogens (tertiary/aromatic N) is 5. The molecule has 0 radical (unpaired) electrons. The van der Waals surface area contributed by atoms with Crippen LogP contribution in [-0.2, 0) is 0 Å². The van der Waals surface area contributed by atoms with Gasteiger partial charge in [0.15, 0.2) is 5.65 Å². The van der Waals surface area contributed by atoms with Gasteiger partial charge in [0, 0.05) is 16.8 Å². The Hall–Kier alpha value is -3.26. The minimum Gasteiger partial charge on any atom is -0.497 e. The van der Waals surface area contributed by atoms with Gasteiger partial charge in [0.2, 0.25) is 5.16 Å². The van der Waals surface area contributed by atoms with Crippen LogP contribution >= 0.6 is 11.8 Å². The summed E-state index contributed by atoms with van der Waals surface area (Å²) in [5.74, 6) is 0.416. The summed E-state index contributed by atoms with van der Waals surface area (Å²) < 4.78 is 21.1. The van der Waals surface area contributed by atoms with Crippen LogP contribution in [-0.4, -0.2) is 31.7 Å². The monoisotopic (exact) mass is 391 g/mol. The van der Waals surface area contributed by atoms with E-state index in [4.69, 9.17) is 4.74 Å². The number of ether oxygens (including phenoxy) is 1. The lowest BCUT2D eigenvalue weighted by Gasteiger charge is -2.09. The van der Waals surface area contributed by atoms with Gasteiger partial charge < -0.3 is 4.74 Å². The molecule has 0 saturated heterocycles. The zero-order chi connectivity index (χ0) is 19.3. The molecule has 8 heteroatoms. The van der Waals surface area contributed by atoms with Gasteiger partial charge in [0.25, 0.3) is 0 Å². The number of hydrogen-bond acceptors (Lipinski definition) is 6. The third-order valence-electron chi connectivity index (χ3n) is 4.62. The molecule has 0 bridgehead atoms. The molecule has 3 heterocycles. The van der Waals surface area contributed by atoms with Crippen molar-refractivity contribution in [1.29, 1.82) is 0 Å². The predicted octanol–water partition coefficient (Wildman–Crippen LogP) is 4.43. The van der Waals surface area contributed by atoms with Crippen LogP contribution in [0.2, 0.25) is 0 Å². The minimum atomic E-state index is -0.332. The lowest BCUT2D eigenvalue weighted by molar-refractivity contribution is 0.415. The van der Waals surface area contributed by atoms with Crippen molar-refractivity contribution in [3.05, 3.63) is 60.2 Å². The van der Waals surface area contributed by atoms with E-state index in [-0.39, 0.29) is 5.82 Å². The molecule has 0 unspecified atom stereocenters. The molecule has 0 fully saturated rings. The van der Waals surface area contributed by atoms with E-state index in [0.717, 1.165) is 27.9 Å². The van der Waals surface area contributed by atoms with E-state index < -0.39 is 0 Å². The van der Waals surface area contributed by atoms with Gasteiger partial charge in [-0.2, -0.15) is 0 Å². The predicted molar refractivity (Wildman–Crippen MR) is 105 cm³/mol. The number of fused-ring (bicyclic) bond motifs is 4. The summed E-state index contributed by atoms with van der Waals surface area (Å²) >= 11 is 1.33. The maximum Gasteiger partial charge on any atom is 0.202 e. The molecule has 0 saturated carbocycles. The summed E-state index contributed by atoms with van der Waals surface area (Å²) in [6.45, 7) is 2.04. The number of pyridine rings is 1. The Kier molecular flexibility index (Phi) is 3.87. The molecule has 0 aliphatic carbocycles. The quantitative estimate of drug-likeness (QED) is 0.424. The molecule has 138 valence electrons. The highest BCUT2D eigenvalue weighted by atomic mass is 32.2. The van der Waals surface area contributed by atoms with Crippen molar-refractivity contribution in [2.45, 2.75) is 17.1 Å². The second-order valence-electron chi connectivity index (χ2n) is 6.33. The Balaban J connectivity index is 1.74. The van der Waals surface area contributed by atoms with Gasteiger partial charge in [-0.3, -0.25) is 4.40 Å². The molecule has 0 aliphatic heterocycles. The molecule has 28 heavy (non-hydrogen) atoms. The largest absolute Gasteiger partial charge is 0.497 e. The lowest BCUT2D eigenvalue weighted by atomic mass is 10.1. The zero-order valence-electron chi connectivity index (χ0n) is 15.0. The summed E-state index contributed by atoms with van der Waals surface area (Å²) in [7, 11) is 1.64.